The van der Waals surface area contributed by atoms with Gasteiger partial charge in [0.25, 0.3) is 0 Å². The second-order valence-electron chi connectivity index (χ2n) is 8.95. The molecule has 2 bridgehead atoms. The molecule has 0 saturated carbocycles. The molecule has 2 aromatic carbocycles. The van der Waals surface area contributed by atoms with Gasteiger partial charge in [0, 0.05) is 49.1 Å². The number of likely N-dealkylation sites (N-methyl/N-ethyl adjacent to an activating group) is 1. The number of fused-ring (bicyclic) bond motifs is 1. The van der Waals surface area contributed by atoms with E-state index in [1.165, 1.54) is 22.3 Å². The average molecular weight is 397 g/mol. The zero-order valence-electron chi connectivity index (χ0n) is 16.6. The minimum Gasteiger partial charge on any atom is -0.392 e. The van der Waals surface area contributed by atoms with Crippen molar-refractivity contribution in [3.05, 3.63) is 69.7 Å². The number of nitrogens with zero attached hydrogens (tertiary/aromatic N) is 2. The molecule has 3 atom stereocenters. The Morgan fingerprint density at radius 1 is 1.07 bits per heavy atom. The van der Waals surface area contributed by atoms with Crippen LogP contribution in [0.5, 0.6) is 0 Å². The molecule has 1 N–H and O–H groups in total. The van der Waals surface area contributed by atoms with Gasteiger partial charge in [-0.3, -0.25) is 4.90 Å². The molecule has 3 nitrogen and oxygen atoms in total. The third kappa shape index (κ3) is 3.00. The summed E-state index contributed by atoms with van der Waals surface area (Å²) in [5, 5.41) is 12.0. The largest absolute Gasteiger partial charge is 0.392 e. The zero-order chi connectivity index (χ0) is 19.3. The summed E-state index contributed by atoms with van der Waals surface area (Å²) in [6.07, 6.45) is 2.70. The van der Waals surface area contributed by atoms with Gasteiger partial charge in [0.2, 0.25) is 0 Å². The summed E-state index contributed by atoms with van der Waals surface area (Å²) >= 11 is 6.43. The van der Waals surface area contributed by atoms with Crippen molar-refractivity contribution in [2.24, 2.45) is 0 Å². The van der Waals surface area contributed by atoms with E-state index < -0.39 is 0 Å². The Balaban J connectivity index is 1.48. The third-order valence-corrected chi connectivity index (χ3v) is 7.50. The van der Waals surface area contributed by atoms with E-state index in [9.17, 15) is 5.11 Å². The van der Waals surface area contributed by atoms with Crippen molar-refractivity contribution in [2.45, 2.75) is 36.7 Å². The predicted octanol–water partition coefficient (Wildman–Crippen LogP) is 3.86. The van der Waals surface area contributed by atoms with E-state index in [1.807, 2.05) is 6.07 Å². The highest BCUT2D eigenvalue weighted by molar-refractivity contribution is 6.30. The summed E-state index contributed by atoms with van der Waals surface area (Å²) in [6.45, 7) is 5.02. The lowest BCUT2D eigenvalue weighted by molar-refractivity contribution is 0.0613. The number of piperazine rings is 1. The molecule has 0 amide bonds. The van der Waals surface area contributed by atoms with E-state index in [-0.39, 0.29) is 11.5 Å². The van der Waals surface area contributed by atoms with Gasteiger partial charge in [0.15, 0.2) is 0 Å². The van der Waals surface area contributed by atoms with E-state index in [0.29, 0.717) is 5.92 Å². The minimum absolute atomic E-state index is 0.114. The number of benzene rings is 2. The molecule has 3 unspecified atom stereocenters. The molecule has 2 aromatic rings. The standard InChI is InChI=1S/C24H29ClN2O/c1-26-10-12-27(13-11-26)16-18(28)15-24-9-8-19(20-4-2-3-5-22(20)24)21-7-6-17(25)14-23(21)24/h2-7,14,18-19,28H,8-13,15-16H2,1H3. The third-order valence-electron chi connectivity index (χ3n) is 7.27. The monoisotopic (exact) mass is 396 g/mol. The van der Waals surface area contributed by atoms with Crippen LogP contribution in [0.3, 0.4) is 0 Å². The van der Waals surface area contributed by atoms with E-state index in [0.717, 1.165) is 57.0 Å². The first kappa shape index (κ1) is 18.6. The number of hydrogen-bond acceptors (Lipinski definition) is 3. The number of rotatable bonds is 4. The Hall–Kier alpha value is -1.39. The minimum atomic E-state index is -0.335. The first-order valence-electron chi connectivity index (χ1n) is 10.6. The highest BCUT2D eigenvalue weighted by atomic mass is 35.5. The van der Waals surface area contributed by atoms with Crippen LogP contribution in [0.2, 0.25) is 5.02 Å². The van der Waals surface area contributed by atoms with Crippen molar-refractivity contribution in [2.75, 3.05) is 39.8 Å². The van der Waals surface area contributed by atoms with Gasteiger partial charge in [0.05, 0.1) is 6.10 Å². The molecule has 4 heteroatoms. The summed E-state index contributed by atoms with van der Waals surface area (Å²) in [7, 11) is 2.17. The molecule has 1 fully saturated rings. The van der Waals surface area contributed by atoms with E-state index in [4.69, 9.17) is 11.6 Å². The molecule has 4 aliphatic rings. The van der Waals surface area contributed by atoms with Crippen LogP contribution in [0.4, 0.5) is 0 Å². The van der Waals surface area contributed by atoms with Gasteiger partial charge < -0.3 is 10.0 Å². The van der Waals surface area contributed by atoms with Gasteiger partial charge in [-0.15, -0.1) is 0 Å². The van der Waals surface area contributed by atoms with Gasteiger partial charge in [-0.2, -0.15) is 0 Å². The molecule has 6 rings (SSSR count). The molecule has 0 radical (unpaired) electrons. The van der Waals surface area contributed by atoms with Crippen LogP contribution < -0.4 is 0 Å². The number of β-amino-alcohol motifs (C(OH)–C–C–N with tert-alkyl or cyclic N) is 1. The Morgan fingerprint density at radius 2 is 1.82 bits per heavy atom. The fourth-order valence-corrected chi connectivity index (χ4v) is 6.06. The zero-order valence-corrected chi connectivity index (χ0v) is 17.3. The molecule has 3 aliphatic carbocycles. The smallest absolute Gasteiger partial charge is 0.0678 e. The molecule has 1 heterocycles. The molecular formula is C24H29ClN2O. The molecule has 0 aromatic heterocycles. The molecule has 0 spiro atoms. The lowest BCUT2D eigenvalue weighted by Gasteiger charge is -2.50. The molecule has 148 valence electrons. The van der Waals surface area contributed by atoms with Crippen LogP contribution in [0.15, 0.2) is 42.5 Å². The summed E-state index contributed by atoms with van der Waals surface area (Å²) in [6, 6.07) is 15.3. The number of halogens is 1. The maximum Gasteiger partial charge on any atom is 0.0678 e. The molecule has 1 saturated heterocycles. The fraction of sp³-hybridized carbons (Fsp3) is 0.500. The van der Waals surface area contributed by atoms with E-state index >= 15 is 0 Å². The van der Waals surface area contributed by atoms with Crippen molar-refractivity contribution >= 4 is 11.6 Å². The number of hydrogen-bond donors (Lipinski definition) is 1. The normalized spacial score (nSPS) is 28.0. The van der Waals surface area contributed by atoms with Crippen LogP contribution in [0, 0.1) is 0 Å². The van der Waals surface area contributed by atoms with E-state index in [1.54, 1.807) is 0 Å². The Kier molecular flexibility index (Phi) is 4.75. The van der Waals surface area contributed by atoms with Gasteiger partial charge in [-0.05, 0) is 60.7 Å². The first-order chi connectivity index (χ1) is 13.6. The second-order valence-corrected chi connectivity index (χ2v) is 9.39. The lowest BCUT2D eigenvalue weighted by Crippen LogP contribution is -2.49. The van der Waals surface area contributed by atoms with Crippen LogP contribution in [0.1, 0.15) is 47.4 Å². The van der Waals surface area contributed by atoms with Crippen LogP contribution in [0.25, 0.3) is 0 Å². The highest BCUT2D eigenvalue weighted by Gasteiger charge is 2.49. The summed E-state index contributed by atoms with van der Waals surface area (Å²) in [4.78, 5) is 4.78. The van der Waals surface area contributed by atoms with E-state index in [2.05, 4.69) is 53.2 Å². The Labute approximate surface area is 172 Å². The molecular weight excluding hydrogens is 368 g/mol. The van der Waals surface area contributed by atoms with Gasteiger partial charge >= 0.3 is 0 Å². The summed E-state index contributed by atoms with van der Waals surface area (Å²) in [5.74, 6) is 0.472. The quantitative estimate of drug-likeness (QED) is 0.849. The Bertz CT molecular complexity index is 877. The number of aliphatic hydroxyl groups is 1. The van der Waals surface area contributed by atoms with Crippen LogP contribution in [-0.2, 0) is 5.41 Å². The van der Waals surface area contributed by atoms with Crippen LogP contribution >= 0.6 is 11.6 Å². The van der Waals surface area contributed by atoms with Crippen molar-refractivity contribution in [1.82, 2.24) is 9.80 Å². The predicted molar refractivity (Wildman–Crippen MR) is 114 cm³/mol. The van der Waals surface area contributed by atoms with Gasteiger partial charge in [-0.1, -0.05) is 41.9 Å². The first-order valence-corrected chi connectivity index (χ1v) is 10.9. The summed E-state index contributed by atoms with van der Waals surface area (Å²) < 4.78 is 0. The summed E-state index contributed by atoms with van der Waals surface area (Å²) in [5.41, 5.74) is 5.53. The topological polar surface area (TPSA) is 26.7 Å². The van der Waals surface area contributed by atoms with Gasteiger partial charge in [0.1, 0.15) is 0 Å². The number of aliphatic hydroxyl groups excluding tert-OH is 1. The fourth-order valence-electron chi connectivity index (χ4n) is 5.88. The SMILES string of the molecule is CN1CCN(CC(O)CC23CCC(c4ccccc42)c2ccc(Cl)cc23)CC1. The van der Waals surface area contributed by atoms with Crippen LogP contribution in [-0.4, -0.2) is 60.8 Å². The maximum atomic E-state index is 11.2. The maximum absolute atomic E-state index is 11.2. The lowest BCUT2D eigenvalue weighted by atomic mass is 9.53. The van der Waals surface area contributed by atoms with Crippen molar-refractivity contribution in [3.63, 3.8) is 0 Å². The average Bonchev–Trinajstić information content (AvgIpc) is 2.70. The van der Waals surface area contributed by atoms with Crippen molar-refractivity contribution in [1.29, 1.82) is 0 Å². The second kappa shape index (κ2) is 7.14. The van der Waals surface area contributed by atoms with Crippen molar-refractivity contribution in [3.8, 4) is 0 Å². The Morgan fingerprint density at radius 3 is 2.64 bits per heavy atom. The van der Waals surface area contributed by atoms with Crippen molar-refractivity contribution < 1.29 is 5.11 Å². The molecule has 28 heavy (non-hydrogen) atoms. The highest BCUT2D eigenvalue weighted by Crippen LogP contribution is 2.58. The molecule has 1 aliphatic heterocycles. The van der Waals surface area contributed by atoms with Gasteiger partial charge in [-0.25, -0.2) is 0 Å².